The molecule has 0 aliphatic rings. The summed E-state index contributed by atoms with van der Waals surface area (Å²) in [5, 5.41) is 0.751. The van der Waals surface area contributed by atoms with Crippen molar-refractivity contribution < 1.29 is 0 Å². The van der Waals surface area contributed by atoms with Crippen molar-refractivity contribution in [1.29, 1.82) is 0 Å². The molecule has 2 aromatic rings. The van der Waals surface area contributed by atoms with E-state index in [0.717, 1.165) is 16.4 Å². The summed E-state index contributed by atoms with van der Waals surface area (Å²) in [5.74, 6) is 0. The number of nitrogens with zero attached hydrogens (tertiary/aromatic N) is 2. The quantitative estimate of drug-likeness (QED) is 0.680. The first kappa shape index (κ1) is 8.32. The van der Waals surface area contributed by atoms with E-state index >= 15 is 0 Å². The molecule has 13 heavy (non-hydrogen) atoms. The Kier molecular flexibility index (Phi) is 2.07. The van der Waals surface area contributed by atoms with Gasteiger partial charge in [-0.2, -0.15) is 0 Å². The van der Waals surface area contributed by atoms with Crippen LogP contribution >= 0.6 is 11.6 Å². The van der Waals surface area contributed by atoms with Gasteiger partial charge in [-0.1, -0.05) is 11.6 Å². The molecule has 1 aromatic carbocycles. The molecule has 0 radical (unpaired) electrons. The summed E-state index contributed by atoms with van der Waals surface area (Å²) in [4.78, 5) is 4.05. The van der Waals surface area contributed by atoms with Crippen LogP contribution in [0.2, 0.25) is 5.02 Å². The number of aryl methyl sites for hydroxylation is 1. The van der Waals surface area contributed by atoms with Gasteiger partial charge >= 0.3 is 0 Å². The number of imidazole rings is 1. The maximum atomic E-state index is 5.79. The molecule has 3 heteroatoms. The number of benzene rings is 1. The predicted octanol–water partition coefficient (Wildman–Crippen LogP) is 2.83. The molecule has 1 heterocycles. The second-order valence-corrected chi connectivity index (χ2v) is 3.32. The molecule has 0 amide bonds. The van der Waals surface area contributed by atoms with Crippen molar-refractivity contribution in [3.63, 3.8) is 0 Å². The lowest BCUT2D eigenvalue weighted by molar-refractivity contribution is 1.00. The fourth-order valence-electron chi connectivity index (χ4n) is 1.23. The molecular formula is C10H9ClN2. The zero-order valence-corrected chi connectivity index (χ0v) is 7.99. The van der Waals surface area contributed by atoms with Gasteiger partial charge in [-0.3, -0.25) is 0 Å². The van der Waals surface area contributed by atoms with Gasteiger partial charge in [0.25, 0.3) is 0 Å². The molecular weight excluding hydrogens is 184 g/mol. The van der Waals surface area contributed by atoms with Crippen molar-refractivity contribution in [2.45, 2.75) is 6.92 Å². The number of halogens is 1. The fraction of sp³-hybridized carbons (Fsp3) is 0.100. The molecule has 0 unspecified atom stereocenters. The van der Waals surface area contributed by atoms with Crippen molar-refractivity contribution in [1.82, 2.24) is 9.55 Å². The normalized spacial score (nSPS) is 10.3. The first-order valence-corrected chi connectivity index (χ1v) is 4.40. The highest BCUT2D eigenvalue weighted by molar-refractivity contribution is 6.30. The van der Waals surface area contributed by atoms with E-state index < -0.39 is 0 Å². The molecule has 0 aliphatic carbocycles. The van der Waals surface area contributed by atoms with Crippen LogP contribution in [0, 0.1) is 6.92 Å². The molecule has 0 atom stereocenters. The lowest BCUT2D eigenvalue weighted by Gasteiger charge is -2.03. The second kappa shape index (κ2) is 3.23. The molecule has 0 aliphatic heterocycles. The number of aromatic nitrogens is 2. The molecule has 66 valence electrons. The Morgan fingerprint density at radius 1 is 1.23 bits per heavy atom. The van der Waals surface area contributed by atoms with E-state index in [4.69, 9.17) is 11.6 Å². The summed E-state index contributed by atoms with van der Waals surface area (Å²) >= 11 is 5.79. The fourth-order valence-corrected chi connectivity index (χ4v) is 1.36. The van der Waals surface area contributed by atoms with Crippen molar-refractivity contribution >= 4 is 11.6 Å². The zero-order chi connectivity index (χ0) is 9.26. The van der Waals surface area contributed by atoms with Gasteiger partial charge in [0, 0.05) is 22.6 Å². The van der Waals surface area contributed by atoms with Gasteiger partial charge in [-0.05, 0) is 31.2 Å². The third-order valence-electron chi connectivity index (χ3n) is 1.93. The highest BCUT2D eigenvalue weighted by atomic mass is 35.5. The van der Waals surface area contributed by atoms with Crippen molar-refractivity contribution in [2.24, 2.45) is 0 Å². The Morgan fingerprint density at radius 2 is 1.92 bits per heavy atom. The zero-order valence-electron chi connectivity index (χ0n) is 7.24. The smallest absolute Gasteiger partial charge is 0.0994 e. The second-order valence-electron chi connectivity index (χ2n) is 2.88. The number of hydrogen-bond acceptors (Lipinski definition) is 1. The molecule has 0 spiro atoms. The molecule has 0 fully saturated rings. The Balaban J connectivity index is 2.47. The minimum atomic E-state index is 0.751. The van der Waals surface area contributed by atoms with Crippen LogP contribution in [0.1, 0.15) is 5.69 Å². The molecule has 0 saturated heterocycles. The minimum Gasteiger partial charge on any atom is -0.304 e. The topological polar surface area (TPSA) is 17.8 Å². The van der Waals surface area contributed by atoms with Crippen LogP contribution in [0.25, 0.3) is 5.69 Å². The SMILES string of the molecule is Cc1cncn1-c1ccc(Cl)cc1. The third kappa shape index (κ3) is 1.58. The molecule has 0 N–H and O–H groups in total. The summed E-state index contributed by atoms with van der Waals surface area (Å²) in [6.45, 7) is 2.02. The van der Waals surface area contributed by atoms with Crippen LogP contribution in [0.4, 0.5) is 0 Å². The standard InChI is InChI=1S/C10H9ClN2/c1-8-6-12-7-13(8)10-4-2-9(11)3-5-10/h2-7H,1H3. The van der Waals surface area contributed by atoms with Gasteiger partial charge in [-0.25, -0.2) is 4.98 Å². The largest absolute Gasteiger partial charge is 0.304 e. The van der Waals surface area contributed by atoms with E-state index in [1.807, 2.05) is 42.0 Å². The Morgan fingerprint density at radius 3 is 2.46 bits per heavy atom. The van der Waals surface area contributed by atoms with E-state index in [2.05, 4.69) is 4.98 Å². The Bertz CT molecular complexity index is 403. The Hall–Kier alpha value is -1.28. The molecule has 2 rings (SSSR count). The van der Waals surface area contributed by atoms with E-state index in [1.54, 1.807) is 6.33 Å². The maximum Gasteiger partial charge on any atom is 0.0994 e. The average molecular weight is 193 g/mol. The Labute approximate surface area is 81.8 Å². The molecule has 0 bridgehead atoms. The molecule has 1 aromatic heterocycles. The minimum absolute atomic E-state index is 0.751. The lowest BCUT2D eigenvalue weighted by atomic mass is 10.3. The number of rotatable bonds is 1. The van der Waals surface area contributed by atoms with Crippen LogP contribution < -0.4 is 0 Å². The summed E-state index contributed by atoms with van der Waals surface area (Å²) in [6, 6.07) is 7.68. The van der Waals surface area contributed by atoms with Crippen LogP contribution in [0.3, 0.4) is 0 Å². The summed E-state index contributed by atoms with van der Waals surface area (Å²) in [7, 11) is 0. The summed E-state index contributed by atoms with van der Waals surface area (Å²) in [5.41, 5.74) is 2.20. The highest BCUT2D eigenvalue weighted by Crippen LogP contribution is 2.14. The summed E-state index contributed by atoms with van der Waals surface area (Å²) in [6.07, 6.45) is 3.62. The van der Waals surface area contributed by atoms with Crippen LogP contribution in [0.15, 0.2) is 36.8 Å². The van der Waals surface area contributed by atoms with Crippen molar-refractivity contribution in [3.05, 3.63) is 47.5 Å². The van der Waals surface area contributed by atoms with Gasteiger partial charge in [0.15, 0.2) is 0 Å². The van der Waals surface area contributed by atoms with Crippen LogP contribution in [-0.2, 0) is 0 Å². The van der Waals surface area contributed by atoms with E-state index in [-0.39, 0.29) is 0 Å². The van der Waals surface area contributed by atoms with Crippen molar-refractivity contribution in [2.75, 3.05) is 0 Å². The monoisotopic (exact) mass is 192 g/mol. The number of hydrogen-bond donors (Lipinski definition) is 0. The van der Waals surface area contributed by atoms with Crippen LogP contribution in [0.5, 0.6) is 0 Å². The lowest BCUT2D eigenvalue weighted by Crippen LogP contribution is -1.93. The first-order valence-electron chi connectivity index (χ1n) is 4.02. The van der Waals surface area contributed by atoms with E-state index in [0.29, 0.717) is 0 Å². The van der Waals surface area contributed by atoms with E-state index in [9.17, 15) is 0 Å². The summed E-state index contributed by atoms with van der Waals surface area (Å²) < 4.78 is 2.01. The van der Waals surface area contributed by atoms with Gasteiger partial charge in [-0.15, -0.1) is 0 Å². The van der Waals surface area contributed by atoms with E-state index in [1.165, 1.54) is 0 Å². The van der Waals surface area contributed by atoms with Crippen LogP contribution in [-0.4, -0.2) is 9.55 Å². The van der Waals surface area contributed by atoms with Gasteiger partial charge in [0.1, 0.15) is 0 Å². The highest BCUT2D eigenvalue weighted by Gasteiger charge is 1.98. The van der Waals surface area contributed by atoms with Crippen molar-refractivity contribution in [3.8, 4) is 5.69 Å². The average Bonchev–Trinajstić information content (AvgIpc) is 2.53. The molecule has 2 nitrogen and oxygen atoms in total. The first-order chi connectivity index (χ1) is 6.27. The predicted molar refractivity (Wildman–Crippen MR) is 53.3 cm³/mol. The van der Waals surface area contributed by atoms with Gasteiger partial charge in [0.2, 0.25) is 0 Å². The van der Waals surface area contributed by atoms with Gasteiger partial charge in [0.05, 0.1) is 6.33 Å². The third-order valence-corrected chi connectivity index (χ3v) is 2.18. The molecule has 0 saturated carbocycles. The van der Waals surface area contributed by atoms with Gasteiger partial charge < -0.3 is 4.57 Å². The maximum absolute atomic E-state index is 5.79.